The molecule has 162 valence electrons. The fraction of sp³-hybridized carbons (Fsp3) is 0. The number of nitrogens with zero attached hydrogens (tertiary/aromatic N) is 2. The minimum atomic E-state index is -2.32. The molecular formula is C28H17N2O2PS. The van der Waals surface area contributed by atoms with E-state index >= 15 is 0 Å². The second-order valence-corrected chi connectivity index (χ2v) is 12.5. The molecule has 34 heavy (non-hydrogen) atoms. The second-order valence-electron chi connectivity index (χ2n) is 8.22. The molecule has 1 aromatic heterocycles. The molecule has 0 saturated heterocycles. The van der Waals surface area contributed by atoms with Gasteiger partial charge in [0.05, 0.1) is 11.3 Å². The Kier molecular flexibility index (Phi) is 4.25. The highest BCUT2D eigenvalue weighted by atomic mass is 32.4. The van der Waals surface area contributed by atoms with Gasteiger partial charge in [-0.25, -0.2) is 9.97 Å². The molecule has 0 N–H and O–H groups in total. The Morgan fingerprint density at radius 1 is 0.559 bits per heavy atom. The van der Waals surface area contributed by atoms with Gasteiger partial charge in [-0.05, 0) is 59.7 Å². The molecule has 6 heteroatoms. The molecule has 2 aliphatic rings. The van der Waals surface area contributed by atoms with E-state index in [1.54, 1.807) is 12.4 Å². The summed E-state index contributed by atoms with van der Waals surface area (Å²) in [6.45, 7) is 0. The average Bonchev–Trinajstić information content (AvgIpc) is 2.89. The Hall–Kier alpha value is -3.79. The monoisotopic (exact) mass is 476 g/mol. The van der Waals surface area contributed by atoms with Gasteiger partial charge in [-0.15, -0.1) is 0 Å². The lowest BCUT2D eigenvalue weighted by Crippen LogP contribution is -2.34. The number of benzene rings is 4. The molecule has 0 unspecified atom stereocenters. The molecule has 0 saturated carbocycles. The van der Waals surface area contributed by atoms with Crippen molar-refractivity contribution in [3.63, 3.8) is 0 Å². The van der Waals surface area contributed by atoms with Crippen LogP contribution in [-0.4, -0.2) is 9.97 Å². The fourth-order valence-electron chi connectivity index (χ4n) is 4.72. The van der Waals surface area contributed by atoms with E-state index in [1.165, 1.54) is 0 Å². The van der Waals surface area contributed by atoms with E-state index in [1.807, 2.05) is 54.6 Å². The van der Waals surface area contributed by atoms with Gasteiger partial charge >= 0.3 is 0 Å². The predicted molar refractivity (Wildman–Crippen MR) is 139 cm³/mol. The summed E-state index contributed by atoms with van der Waals surface area (Å²) in [7, 11) is 0. The van der Waals surface area contributed by atoms with Gasteiger partial charge in [-0.3, -0.25) is 0 Å². The van der Waals surface area contributed by atoms with Crippen LogP contribution in [0.2, 0.25) is 0 Å². The fourth-order valence-corrected chi connectivity index (χ4v) is 9.20. The molecule has 5 aromatic rings. The van der Waals surface area contributed by atoms with Crippen LogP contribution >= 0.6 is 6.04 Å². The van der Waals surface area contributed by atoms with Crippen molar-refractivity contribution in [3.05, 3.63) is 103 Å². The maximum atomic E-state index is 6.54. The molecule has 0 fully saturated rings. The quantitative estimate of drug-likeness (QED) is 0.296. The van der Waals surface area contributed by atoms with E-state index in [4.69, 9.17) is 21.3 Å². The third-order valence-electron chi connectivity index (χ3n) is 6.22. The zero-order valence-corrected chi connectivity index (χ0v) is 19.6. The number of fused-ring (bicyclic) bond motifs is 4. The van der Waals surface area contributed by atoms with Crippen LogP contribution in [0.5, 0.6) is 23.0 Å². The van der Waals surface area contributed by atoms with Crippen molar-refractivity contribution in [3.8, 4) is 45.5 Å². The van der Waals surface area contributed by atoms with Gasteiger partial charge in [0.15, 0.2) is 5.82 Å². The van der Waals surface area contributed by atoms with Crippen LogP contribution in [-0.2, 0) is 11.8 Å². The van der Waals surface area contributed by atoms with Gasteiger partial charge < -0.3 is 9.47 Å². The Labute approximate surface area is 201 Å². The van der Waals surface area contributed by atoms with Gasteiger partial charge in [0.1, 0.15) is 23.0 Å². The number of hydrogen-bond donors (Lipinski definition) is 0. The van der Waals surface area contributed by atoms with Crippen LogP contribution in [0.25, 0.3) is 22.5 Å². The molecule has 0 atom stereocenters. The van der Waals surface area contributed by atoms with E-state index in [0.29, 0.717) is 5.82 Å². The number of ether oxygens (including phenoxy) is 2. The highest BCUT2D eigenvalue weighted by Crippen LogP contribution is 2.59. The molecular weight excluding hydrogens is 459 g/mol. The van der Waals surface area contributed by atoms with E-state index in [2.05, 4.69) is 46.4 Å². The van der Waals surface area contributed by atoms with E-state index < -0.39 is 6.04 Å². The van der Waals surface area contributed by atoms with Crippen molar-refractivity contribution in [2.75, 3.05) is 0 Å². The first-order valence-corrected chi connectivity index (χ1v) is 13.7. The number of para-hydroxylation sites is 2. The van der Waals surface area contributed by atoms with Crippen LogP contribution in [0.3, 0.4) is 0 Å². The molecule has 0 amide bonds. The van der Waals surface area contributed by atoms with Crippen molar-refractivity contribution in [2.45, 2.75) is 0 Å². The topological polar surface area (TPSA) is 44.2 Å². The van der Waals surface area contributed by atoms with Gasteiger partial charge in [0.25, 0.3) is 0 Å². The summed E-state index contributed by atoms with van der Waals surface area (Å²) in [6, 6.07) is 28.1. The lowest BCUT2D eigenvalue weighted by Gasteiger charge is -2.37. The van der Waals surface area contributed by atoms with Gasteiger partial charge in [0, 0.05) is 28.6 Å². The smallest absolute Gasteiger partial charge is 0.159 e. The lowest BCUT2D eigenvalue weighted by molar-refractivity contribution is 0.467. The average molecular weight is 476 g/mol. The van der Waals surface area contributed by atoms with Crippen LogP contribution in [0.4, 0.5) is 0 Å². The van der Waals surface area contributed by atoms with E-state index in [-0.39, 0.29) is 0 Å². The largest absolute Gasteiger partial charge is 0.456 e. The van der Waals surface area contributed by atoms with Crippen molar-refractivity contribution >= 4 is 33.8 Å². The molecule has 4 aromatic carbocycles. The van der Waals surface area contributed by atoms with Crippen molar-refractivity contribution < 1.29 is 9.47 Å². The molecule has 3 heterocycles. The summed E-state index contributed by atoms with van der Waals surface area (Å²) in [4.78, 5) is 8.79. The highest BCUT2D eigenvalue weighted by Gasteiger charge is 2.42. The van der Waals surface area contributed by atoms with Crippen LogP contribution in [0.1, 0.15) is 0 Å². The first-order valence-electron chi connectivity index (χ1n) is 10.9. The van der Waals surface area contributed by atoms with E-state index in [9.17, 15) is 0 Å². The third-order valence-corrected chi connectivity index (χ3v) is 11.1. The van der Waals surface area contributed by atoms with Crippen LogP contribution in [0.15, 0.2) is 103 Å². The Morgan fingerprint density at radius 3 is 1.79 bits per heavy atom. The second kappa shape index (κ2) is 7.36. The maximum absolute atomic E-state index is 6.54. The zero-order valence-electron chi connectivity index (χ0n) is 17.9. The predicted octanol–water partition coefficient (Wildman–Crippen LogP) is 5.78. The normalized spacial score (nSPS) is 14.1. The van der Waals surface area contributed by atoms with Crippen LogP contribution < -0.4 is 25.4 Å². The molecule has 4 nitrogen and oxygen atoms in total. The summed E-state index contributed by atoms with van der Waals surface area (Å²) >= 11 is 6.54. The minimum absolute atomic E-state index is 0.689. The molecule has 0 spiro atoms. The third kappa shape index (κ3) is 2.81. The minimum Gasteiger partial charge on any atom is -0.456 e. The summed E-state index contributed by atoms with van der Waals surface area (Å²) in [5, 5.41) is 3.14. The molecule has 0 radical (unpaired) electrons. The summed E-state index contributed by atoms with van der Waals surface area (Å²) in [5.41, 5.74) is 2.97. The van der Waals surface area contributed by atoms with Gasteiger partial charge in [0.2, 0.25) is 0 Å². The Morgan fingerprint density at radius 2 is 1.15 bits per heavy atom. The molecule has 7 rings (SSSR count). The Bertz CT molecular complexity index is 1580. The summed E-state index contributed by atoms with van der Waals surface area (Å²) < 4.78 is 12.9. The molecule has 0 bridgehead atoms. The first-order chi connectivity index (χ1) is 16.7. The molecule has 0 aliphatic carbocycles. The maximum Gasteiger partial charge on any atom is 0.159 e. The van der Waals surface area contributed by atoms with Crippen molar-refractivity contribution in [1.29, 1.82) is 0 Å². The number of aromatic nitrogens is 2. The summed E-state index contributed by atoms with van der Waals surface area (Å²) in [6.07, 6.45) is 3.50. The van der Waals surface area contributed by atoms with Crippen LogP contribution in [0, 0.1) is 0 Å². The Balaban J connectivity index is 1.46. The highest BCUT2D eigenvalue weighted by molar-refractivity contribution is 8.26. The summed E-state index contributed by atoms with van der Waals surface area (Å²) in [5.74, 6) is 3.87. The van der Waals surface area contributed by atoms with E-state index in [0.717, 1.165) is 55.6 Å². The first kappa shape index (κ1) is 19.7. The molecule has 2 aliphatic heterocycles. The SMILES string of the molecule is S=P12c3ccccc3Oc3cc(-c4cccc(-c5ncccn5)c4)cc(c31)Oc1ccccc12. The lowest BCUT2D eigenvalue weighted by atomic mass is 10.0. The van der Waals surface area contributed by atoms with Gasteiger partial charge in [-0.2, -0.15) is 0 Å². The van der Waals surface area contributed by atoms with Crippen molar-refractivity contribution in [2.24, 2.45) is 0 Å². The number of rotatable bonds is 2. The van der Waals surface area contributed by atoms with Gasteiger partial charge in [-0.1, -0.05) is 54.3 Å². The zero-order chi connectivity index (χ0) is 22.7. The number of hydrogen-bond acceptors (Lipinski definition) is 5. The van der Waals surface area contributed by atoms with Crippen molar-refractivity contribution in [1.82, 2.24) is 9.97 Å². The standard InChI is InChI=1S/C28H17N2O2PS/c34-33-25-11-3-1-9-21(25)31-23-16-20(17-24(27(23)33)32-22-10-2-4-12-26(22)33)18-7-5-8-19(15-18)28-29-13-6-14-30-28/h1-17H.